The lowest BCUT2D eigenvalue weighted by Gasteiger charge is -2.27. The number of amides is 1. The largest absolute Gasteiger partial charge is 0.378 e. The maximum Gasteiger partial charge on any atom is 0.257 e. The average Bonchev–Trinajstić information content (AvgIpc) is 2.34. The Morgan fingerprint density at radius 2 is 2.06 bits per heavy atom. The molecule has 0 spiro atoms. The highest BCUT2D eigenvalue weighted by atomic mass is 35.5. The van der Waals surface area contributed by atoms with Gasteiger partial charge in [-0.05, 0) is 6.07 Å². The topological polar surface area (TPSA) is 42.4 Å². The Kier molecular flexibility index (Phi) is 3.81. The van der Waals surface area contributed by atoms with Gasteiger partial charge in [0.05, 0.1) is 18.8 Å². The lowest BCUT2D eigenvalue weighted by molar-refractivity contribution is 0.0299. The summed E-state index contributed by atoms with van der Waals surface area (Å²) in [5.74, 6) is -1.29. The van der Waals surface area contributed by atoms with Crippen molar-refractivity contribution < 1.29 is 13.9 Å². The van der Waals surface area contributed by atoms with Crippen molar-refractivity contribution in [1.29, 1.82) is 0 Å². The van der Waals surface area contributed by atoms with Crippen LogP contribution in [0.3, 0.4) is 0 Å². The third kappa shape index (κ3) is 2.68. The van der Waals surface area contributed by atoms with Crippen molar-refractivity contribution in [2.75, 3.05) is 26.3 Å². The van der Waals surface area contributed by atoms with Gasteiger partial charge in [0.25, 0.3) is 5.91 Å². The number of hydrogen-bond donors (Lipinski definition) is 0. The van der Waals surface area contributed by atoms with E-state index in [1.807, 2.05) is 0 Å². The molecule has 1 saturated heterocycles. The third-order valence-corrected chi connectivity index (χ3v) is 2.86. The fourth-order valence-corrected chi connectivity index (χ4v) is 1.99. The number of aromatic nitrogens is 1. The van der Waals surface area contributed by atoms with Gasteiger partial charge >= 0.3 is 0 Å². The van der Waals surface area contributed by atoms with Gasteiger partial charge in [0, 0.05) is 13.1 Å². The zero-order valence-electron chi connectivity index (χ0n) is 8.75. The Morgan fingerprint density at radius 3 is 2.71 bits per heavy atom. The Morgan fingerprint density at radius 1 is 1.41 bits per heavy atom. The van der Waals surface area contributed by atoms with Crippen LogP contribution in [0.5, 0.6) is 0 Å². The van der Waals surface area contributed by atoms with Gasteiger partial charge in [-0.1, -0.05) is 23.2 Å². The van der Waals surface area contributed by atoms with E-state index in [2.05, 4.69) is 4.98 Å². The molecule has 2 heterocycles. The Labute approximate surface area is 107 Å². The Balaban J connectivity index is 2.29. The number of morpholine rings is 1. The summed E-state index contributed by atoms with van der Waals surface area (Å²) < 4.78 is 18.8. The molecule has 0 N–H and O–H groups in total. The van der Waals surface area contributed by atoms with E-state index in [4.69, 9.17) is 27.9 Å². The molecular weight excluding hydrogens is 270 g/mol. The van der Waals surface area contributed by atoms with Crippen LogP contribution >= 0.6 is 23.2 Å². The van der Waals surface area contributed by atoms with Gasteiger partial charge in [-0.25, -0.2) is 9.37 Å². The number of carbonyl (C=O) groups excluding carboxylic acids is 1. The summed E-state index contributed by atoms with van der Waals surface area (Å²) in [5, 5.41) is -0.401. The molecule has 1 aromatic heterocycles. The molecule has 4 nitrogen and oxygen atoms in total. The smallest absolute Gasteiger partial charge is 0.257 e. The molecule has 1 aliphatic heterocycles. The molecule has 0 unspecified atom stereocenters. The molecular formula is C10H9Cl2FN2O2. The van der Waals surface area contributed by atoms with E-state index >= 15 is 0 Å². The SMILES string of the molecule is O=C(c1cc(Cl)nc(Cl)c1F)N1CCOCC1. The van der Waals surface area contributed by atoms with Crippen LogP contribution in [-0.2, 0) is 4.74 Å². The van der Waals surface area contributed by atoms with Crippen LogP contribution in [0.15, 0.2) is 6.07 Å². The lowest BCUT2D eigenvalue weighted by atomic mass is 10.2. The number of rotatable bonds is 1. The van der Waals surface area contributed by atoms with E-state index < -0.39 is 16.9 Å². The van der Waals surface area contributed by atoms with E-state index in [0.717, 1.165) is 0 Å². The molecule has 92 valence electrons. The summed E-state index contributed by atoms with van der Waals surface area (Å²) in [6, 6.07) is 1.18. The van der Waals surface area contributed by atoms with Gasteiger partial charge < -0.3 is 9.64 Å². The van der Waals surface area contributed by atoms with Gasteiger partial charge in [-0.3, -0.25) is 4.79 Å². The van der Waals surface area contributed by atoms with Gasteiger partial charge in [0.1, 0.15) is 5.15 Å². The minimum atomic E-state index is -0.840. The monoisotopic (exact) mass is 278 g/mol. The second kappa shape index (κ2) is 5.16. The number of nitrogens with zero attached hydrogens (tertiary/aromatic N) is 2. The normalized spacial score (nSPS) is 16.1. The Hall–Kier alpha value is -0.910. The fourth-order valence-electron chi connectivity index (χ4n) is 1.56. The lowest BCUT2D eigenvalue weighted by Crippen LogP contribution is -2.41. The molecule has 0 atom stereocenters. The first-order valence-electron chi connectivity index (χ1n) is 4.98. The summed E-state index contributed by atoms with van der Waals surface area (Å²) in [5.41, 5.74) is -0.156. The van der Waals surface area contributed by atoms with Gasteiger partial charge in [-0.15, -0.1) is 0 Å². The molecule has 0 saturated carbocycles. The molecule has 2 rings (SSSR count). The molecule has 1 fully saturated rings. The second-order valence-electron chi connectivity index (χ2n) is 3.50. The van der Waals surface area contributed by atoms with Crippen molar-refractivity contribution >= 4 is 29.1 Å². The van der Waals surface area contributed by atoms with Crippen LogP contribution in [-0.4, -0.2) is 42.1 Å². The summed E-state index contributed by atoms with van der Waals surface area (Å²) in [7, 11) is 0. The average molecular weight is 279 g/mol. The predicted molar refractivity (Wildman–Crippen MR) is 60.9 cm³/mol. The minimum Gasteiger partial charge on any atom is -0.378 e. The molecule has 1 aromatic rings. The van der Waals surface area contributed by atoms with Crippen LogP contribution < -0.4 is 0 Å². The number of carbonyl (C=O) groups is 1. The van der Waals surface area contributed by atoms with Crippen molar-refractivity contribution in [2.24, 2.45) is 0 Å². The molecule has 17 heavy (non-hydrogen) atoms. The Bertz CT molecular complexity index is 450. The highest BCUT2D eigenvalue weighted by Crippen LogP contribution is 2.21. The second-order valence-corrected chi connectivity index (χ2v) is 4.25. The summed E-state index contributed by atoms with van der Waals surface area (Å²) in [6.07, 6.45) is 0. The maximum absolute atomic E-state index is 13.7. The summed E-state index contributed by atoms with van der Waals surface area (Å²) in [4.78, 5) is 17.0. The van der Waals surface area contributed by atoms with Crippen molar-refractivity contribution in [3.05, 3.63) is 27.8 Å². The zero-order valence-corrected chi connectivity index (χ0v) is 10.3. The highest BCUT2D eigenvalue weighted by Gasteiger charge is 2.23. The van der Waals surface area contributed by atoms with Crippen molar-refractivity contribution in [1.82, 2.24) is 9.88 Å². The minimum absolute atomic E-state index is 0.00647. The first-order valence-corrected chi connectivity index (χ1v) is 5.73. The first kappa shape index (κ1) is 12.5. The van der Waals surface area contributed by atoms with Crippen molar-refractivity contribution in [3.8, 4) is 0 Å². The molecule has 0 radical (unpaired) electrons. The first-order chi connectivity index (χ1) is 8.09. The summed E-state index contributed by atoms with van der Waals surface area (Å²) in [6.45, 7) is 1.74. The van der Waals surface area contributed by atoms with Crippen molar-refractivity contribution in [2.45, 2.75) is 0 Å². The van der Waals surface area contributed by atoms with Crippen LogP contribution in [0.25, 0.3) is 0 Å². The standard InChI is InChI=1S/C10H9Cl2FN2O2/c11-7-5-6(8(13)9(12)14-7)10(16)15-1-3-17-4-2-15/h5H,1-4H2. The number of ether oxygens (including phenoxy) is 1. The third-order valence-electron chi connectivity index (χ3n) is 2.41. The van der Waals surface area contributed by atoms with Crippen LogP contribution in [0.2, 0.25) is 10.3 Å². The van der Waals surface area contributed by atoms with Gasteiger partial charge in [-0.2, -0.15) is 0 Å². The molecule has 0 aromatic carbocycles. The van der Waals surface area contributed by atoms with E-state index in [-0.39, 0.29) is 10.7 Å². The zero-order chi connectivity index (χ0) is 12.4. The summed E-state index contributed by atoms with van der Waals surface area (Å²) >= 11 is 11.2. The number of pyridine rings is 1. The highest BCUT2D eigenvalue weighted by molar-refractivity contribution is 6.33. The van der Waals surface area contributed by atoms with E-state index in [0.29, 0.717) is 26.3 Å². The van der Waals surface area contributed by atoms with Gasteiger partial charge in [0.2, 0.25) is 0 Å². The number of hydrogen-bond acceptors (Lipinski definition) is 3. The molecule has 1 aliphatic rings. The predicted octanol–water partition coefficient (Wildman–Crippen LogP) is 2.00. The number of halogens is 3. The molecule has 7 heteroatoms. The van der Waals surface area contributed by atoms with E-state index in [1.54, 1.807) is 0 Å². The van der Waals surface area contributed by atoms with E-state index in [9.17, 15) is 9.18 Å². The molecule has 0 aliphatic carbocycles. The van der Waals surface area contributed by atoms with E-state index in [1.165, 1.54) is 11.0 Å². The maximum atomic E-state index is 13.7. The van der Waals surface area contributed by atoms with Gasteiger partial charge in [0.15, 0.2) is 11.0 Å². The van der Waals surface area contributed by atoms with Crippen LogP contribution in [0.4, 0.5) is 4.39 Å². The fraction of sp³-hybridized carbons (Fsp3) is 0.400. The molecule has 1 amide bonds. The quantitative estimate of drug-likeness (QED) is 0.738. The van der Waals surface area contributed by atoms with Crippen LogP contribution in [0.1, 0.15) is 10.4 Å². The molecule has 0 bridgehead atoms. The van der Waals surface area contributed by atoms with Crippen molar-refractivity contribution in [3.63, 3.8) is 0 Å². The van der Waals surface area contributed by atoms with Crippen LogP contribution in [0, 0.1) is 5.82 Å².